The van der Waals surface area contributed by atoms with Gasteiger partial charge in [0.2, 0.25) is 0 Å². The van der Waals surface area contributed by atoms with Crippen molar-refractivity contribution in [2.75, 3.05) is 13.2 Å². The van der Waals surface area contributed by atoms with Gasteiger partial charge in [-0.2, -0.15) is 0 Å². The van der Waals surface area contributed by atoms with Crippen LogP contribution in [0.3, 0.4) is 0 Å². The summed E-state index contributed by atoms with van der Waals surface area (Å²) in [6.45, 7) is 2.96. The number of ether oxygens (including phenoxy) is 1. The second-order valence-corrected chi connectivity index (χ2v) is 6.75. The standard InChI is InChI=1S/C18H23NOS/c1-2-6-15(7-3-1)18-10-9-17(21-18)14-19-12-11-16-8-4-5-13-20-16/h1-3,6-7,9-10,16,19H,4-5,8,11-14H2. The molecule has 2 heterocycles. The Hall–Kier alpha value is -1.16. The van der Waals surface area contributed by atoms with Crippen molar-refractivity contribution in [1.82, 2.24) is 5.32 Å². The third-order valence-corrected chi connectivity index (χ3v) is 5.07. The zero-order valence-corrected chi connectivity index (χ0v) is 13.2. The quantitative estimate of drug-likeness (QED) is 0.795. The molecule has 3 rings (SSSR count). The fourth-order valence-corrected chi connectivity index (χ4v) is 3.72. The molecule has 1 aromatic carbocycles. The first-order valence-corrected chi connectivity index (χ1v) is 8.70. The van der Waals surface area contributed by atoms with Crippen molar-refractivity contribution in [3.05, 3.63) is 47.3 Å². The molecule has 0 aliphatic carbocycles. The van der Waals surface area contributed by atoms with Gasteiger partial charge < -0.3 is 10.1 Å². The van der Waals surface area contributed by atoms with E-state index in [4.69, 9.17) is 4.74 Å². The van der Waals surface area contributed by atoms with Crippen molar-refractivity contribution in [3.8, 4) is 10.4 Å². The van der Waals surface area contributed by atoms with Crippen LogP contribution in [0.4, 0.5) is 0 Å². The highest BCUT2D eigenvalue weighted by Crippen LogP contribution is 2.27. The molecular weight excluding hydrogens is 278 g/mol. The molecule has 0 radical (unpaired) electrons. The minimum Gasteiger partial charge on any atom is -0.378 e. The van der Waals surface area contributed by atoms with E-state index >= 15 is 0 Å². The van der Waals surface area contributed by atoms with Crippen LogP contribution in [-0.2, 0) is 11.3 Å². The van der Waals surface area contributed by atoms with Gasteiger partial charge in [-0.05, 0) is 49.9 Å². The van der Waals surface area contributed by atoms with Crippen LogP contribution in [0.15, 0.2) is 42.5 Å². The molecule has 2 aromatic rings. The van der Waals surface area contributed by atoms with Crippen LogP contribution in [0, 0.1) is 0 Å². The first-order chi connectivity index (χ1) is 10.4. The smallest absolute Gasteiger partial charge is 0.0587 e. The Balaban J connectivity index is 1.42. The molecule has 112 valence electrons. The molecule has 1 aliphatic heterocycles. The Morgan fingerprint density at radius 2 is 2.00 bits per heavy atom. The minimum absolute atomic E-state index is 0.481. The number of benzene rings is 1. The van der Waals surface area contributed by atoms with Gasteiger partial charge in [-0.3, -0.25) is 0 Å². The zero-order chi connectivity index (χ0) is 14.3. The van der Waals surface area contributed by atoms with Crippen molar-refractivity contribution >= 4 is 11.3 Å². The average Bonchev–Trinajstić information content (AvgIpc) is 3.02. The molecule has 0 saturated carbocycles. The largest absolute Gasteiger partial charge is 0.378 e. The lowest BCUT2D eigenvalue weighted by atomic mass is 10.1. The number of hydrogen-bond acceptors (Lipinski definition) is 3. The van der Waals surface area contributed by atoms with E-state index in [1.54, 1.807) is 0 Å². The van der Waals surface area contributed by atoms with Crippen molar-refractivity contribution in [1.29, 1.82) is 0 Å². The van der Waals surface area contributed by atoms with Gasteiger partial charge in [0.05, 0.1) is 6.10 Å². The average molecular weight is 301 g/mol. The molecule has 1 saturated heterocycles. The zero-order valence-electron chi connectivity index (χ0n) is 12.4. The minimum atomic E-state index is 0.481. The molecule has 0 spiro atoms. The molecule has 1 unspecified atom stereocenters. The lowest BCUT2D eigenvalue weighted by molar-refractivity contribution is 0.0115. The van der Waals surface area contributed by atoms with Crippen LogP contribution in [0.5, 0.6) is 0 Å². The maximum Gasteiger partial charge on any atom is 0.0587 e. The van der Waals surface area contributed by atoms with Gasteiger partial charge in [-0.1, -0.05) is 30.3 Å². The summed E-state index contributed by atoms with van der Waals surface area (Å²) in [5.41, 5.74) is 1.31. The molecule has 1 fully saturated rings. The van der Waals surface area contributed by atoms with E-state index in [0.717, 1.165) is 26.1 Å². The highest BCUT2D eigenvalue weighted by molar-refractivity contribution is 7.15. The predicted molar refractivity (Wildman–Crippen MR) is 89.7 cm³/mol. The first kappa shape index (κ1) is 14.8. The van der Waals surface area contributed by atoms with Gasteiger partial charge in [-0.25, -0.2) is 0 Å². The Labute approximate surface area is 131 Å². The molecule has 3 heteroatoms. The second-order valence-electron chi connectivity index (χ2n) is 5.59. The van der Waals surface area contributed by atoms with E-state index in [1.807, 2.05) is 11.3 Å². The summed E-state index contributed by atoms with van der Waals surface area (Å²) in [6.07, 6.45) is 5.42. The van der Waals surface area contributed by atoms with Crippen molar-refractivity contribution in [2.45, 2.75) is 38.3 Å². The van der Waals surface area contributed by atoms with Crippen LogP contribution in [-0.4, -0.2) is 19.3 Å². The van der Waals surface area contributed by atoms with Crippen LogP contribution in [0.1, 0.15) is 30.6 Å². The van der Waals surface area contributed by atoms with Gasteiger partial charge in [0, 0.05) is 22.9 Å². The SMILES string of the molecule is c1ccc(-c2ccc(CNCCC3CCCCO3)s2)cc1. The number of thiophene rings is 1. The van der Waals surface area contributed by atoms with E-state index in [9.17, 15) is 0 Å². The van der Waals surface area contributed by atoms with E-state index in [2.05, 4.69) is 47.8 Å². The Morgan fingerprint density at radius 1 is 1.10 bits per heavy atom. The first-order valence-electron chi connectivity index (χ1n) is 7.88. The topological polar surface area (TPSA) is 21.3 Å². The maximum atomic E-state index is 5.75. The van der Waals surface area contributed by atoms with Gasteiger partial charge in [0.15, 0.2) is 0 Å². The van der Waals surface area contributed by atoms with E-state index in [0.29, 0.717) is 6.10 Å². The lowest BCUT2D eigenvalue weighted by Gasteiger charge is -2.22. The molecule has 21 heavy (non-hydrogen) atoms. The fraction of sp³-hybridized carbons (Fsp3) is 0.444. The van der Waals surface area contributed by atoms with Crippen LogP contribution < -0.4 is 5.32 Å². The summed E-state index contributed by atoms with van der Waals surface area (Å²) < 4.78 is 5.75. The van der Waals surface area contributed by atoms with Crippen molar-refractivity contribution in [2.24, 2.45) is 0 Å². The summed E-state index contributed by atoms with van der Waals surface area (Å²) in [7, 11) is 0. The Kier molecular flexibility index (Phi) is 5.44. The second kappa shape index (κ2) is 7.74. The molecule has 1 atom stereocenters. The number of hydrogen-bond donors (Lipinski definition) is 1. The molecule has 2 nitrogen and oxygen atoms in total. The monoisotopic (exact) mass is 301 g/mol. The van der Waals surface area contributed by atoms with Gasteiger partial charge >= 0.3 is 0 Å². The summed E-state index contributed by atoms with van der Waals surface area (Å²) in [5.74, 6) is 0. The molecule has 1 N–H and O–H groups in total. The third kappa shape index (κ3) is 4.40. The summed E-state index contributed by atoms with van der Waals surface area (Å²) in [5, 5.41) is 3.54. The molecule has 0 bridgehead atoms. The van der Waals surface area contributed by atoms with Crippen molar-refractivity contribution in [3.63, 3.8) is 0 Å². The van der Waals surface area contributed by atoms with Gasteiger partial charge in [-0.15, -0.1) is 11.3 Å². The number of rotatable bonds is 6. The van der Waals surface area contributed by atoms with Gasteiger partial charge in [0.25, 0.3) is 0 Å². The molecular formula is C18H23NOS. The predicted octanol–water partition coefficient (Wildman–Crippen LogP) is 4.46. The summed E-state index contributed by atoms with van der Waals surface area (Å²) >= 11 is 1.88. The molecule has 0 amide bonds. The normalized spacial score (nSPS) is 18.8. The Morgan fingerprint density at radius 3 is 2.81 bits per heavy atom. The van der Waals surface area contributed by atoms with E-state index in [-0.39, 0.29) is 0 Å². The summed E-state index contributed by atoms with van der Waals surface area (Å²) in [6, 6.07) is 15.0. The van der Waals surface area contributed by atoms with E-state index in [1.165, 1.54) is 34.6 Å². The van der Waals surface area contributed by atoms with Crippen LogP contribution in [0.25, 0.3) is 10.4 Å². The fourth-order valence-electron chi connectivity index (χ4n) is 2.74. The number of nitrogens with one attached hydrogen (secondary N) is 1. The lowest BCUT2D eigenvalue weighted by Crippen LogP contribution is -2.24. The highest BCUT2D eigenvalue weighted by Gasteiger charge is 2.12. The molecule has 1 aliphatic rings. The third-order valence-electron chi connectivity index (χ3n) is 3.94. The van der Waals surface area contributed by atoms with Crippen LogP contribution >= 0.6 is 11.3 Å². The summed E-state index contributed by atoms with van der Waals surface area (Å²) in [4.78, 5) is 2.75. The van der Waals surface area contributed by atoms with Crippen molar-refractivity contribution < 1.29 is 4.74 Å². The van der Waals surface area contributed by atoms with Crippen LogP contribution in [0.2, 0.25) is 0 Å². The van der Waals surface area contributed by atoms with E-state index < -0.39 is 0 Å². The maximum absolute atomic E-state index is 5.75. The Bertz CT molecular complexity index is 531. The van der Waals surface area contributed by atoms with Gasteiger partial charge in [0.1, 0.15) is 0 Å². The highest BCUT2D eigenvalue weighted by atomic mass is 32.1. The molecule has 1 aromatic heterocycles.